The Morgan fingerprint density at radius 3 is 3.10 bits per heavy atom. The zero-order chi connectivity index (χ0) is 15.1. The van der Waals surface area contributed by atoms with Crippen LogP contribution in [-0.4, -0.2) is 27.8 Å². The van der Waals surface area contributed by atoms with Crippen molar-refractivity contribution in [3.05, 3.63) is 40.8 Å². The van der Waals surface area contributed by atoms with Crippen LogP contribution in [0.2, 0.25) is 0 Å². The van der Waals surface area contributed by atoms with Crippen LogP contribution in [0.15, 0.2) is 30.5 Å². The Balaban J connectivity index is 2.07. The molecule has 0 aliphatic carbocycles. The second-order valence-corrected chi connectivity index (χ2v) is 4.75. The Bertz CT molecular complexity index is 672. The number of anilines is 2. The number of unbranched alkanes of at least 4 members (excludes halogenated alkanes) is 1. The molecule has 6 nitrogen and oxygen atoms in total. The smallest absolute Gasteiger partial charge is 0.338 e. The van der Waals surface area contributed by atoms with Crippen molar-refractivity contribution >= 4 is 29.7 Å². The van der Waals surface area contributed by atoms with Crippen LogP contribution >= 0.6 is 12.2 Å². The number of carbonyl (C=O) groups is 1. The van der Waals surface area contributed by atoms with Crippen molar-refractivity contribution in [1.82, 2.24) is 15.2 Å². The summed E-state index contributed by atoms with van der Waals surface area (Å²) >= 11 is 4.90. The van der Waals surface area contributed by atoms with Gasteiger partial charge >= 0.3 is 5.97 Å². The number of aromatic nitrogens is 3. The zero-order valence-electron chi connectivity index (χ0n) is 11.6. The fourth-order valence-corrected chi connectivity index (χ4v) is 1.79. The molecular weight excluding hydrogens is 288 g/mol. The summed E-state index contributed by atoms with van der Waals surface area (Å²) in [6.45, 7) is 2.48. The van der Waals surface area contributed by atoms with Crippen molar-refractivity contribution < 1.29 is 9.53 Å². The predicted molar refractivity (Wildman–Crippen MR) is 82.1 cm³/mol. The molecule has 2 aromatic rings. The molecule has 2 rings (SSSR count). The number of nitrogens with one attached hydrogen (secondary N) is 2. The molecule has 0 radical (unpaired) electrons. The lowest BCUT2D eigenvalue weighted by Crippen LogP contribution is -2.06. The highest BCUT2D eigenvalue weighted by Gasteiger charge is 2.07. The molecule has 0 saturated heterocycles. The number of carbonyl (C=O) groups excluding carboxylic acids is 1. The first-order valence-electron chi connectivity index (χ1n) is 6.65. The zero-order valence-corrected chi connectivity index (χ0v) is 12.4. The Kier molecular flexibility index (Phi) is 5.39. The summed E-state index contributed by atoms with van der Waals surface area (Å²) in [6.07, 6.45) is 3.37. The number of esters is 1. The number of ether oxygens (including phenoxy) is 1. The van der Waals surface area contributed by atoms with Gasteiger partial charge in [-0.1, -0.05) is 19.4 Å². The van der Waals surface area contributed by atoms with Crippen LogP contribution in [0, 0.1) is 4.77 Å². The second-order valence-electron chi connectivity index (χ2n) is 4.37. The van der Waals surface area contributed by atoms with Crippen LogP contribution in [0.25, 0.3) is 0 Å². The molecular formula is C14H16N4O2S. The van der Waals surface area contributed by atoms with Gasteiger partial charge in [0.2, 0.25) is 4.77 Å². The minimum Gasteiger partial charge on any atom is -0.462 e. The standard InChI is InChI=1S/C14H16N4O2S/c1-2-3-7-20-13(19)10-5-4-6-11(8-10)16-12-9-15-18-14(21)17-12/h4-6,8-9H,2-3,7H2,1H3,(H2,16,17,18,21). The number of benzene rings is 1. The number of hydrogen-bond acceptors (Lipinski definition) is 6. The van der Waals surface area contributed by atoms with E-state index in [1.54, 1.807) is 18.2 Å². The molecule has 0 bridgehead atoms. The molecule has 0 amide bonds. The van der Waals surface area contributed by atoms with Gasteiger partial charge < -0.3 is 10.1 Å². The van der Waals surface area contributed by atoms with Crippen molar-refractivity contribution in [2.75, 3.05) is 11.9 Å². The first-order valence-corrected chi connectivity index (χ1v) is 7.06. The van der Waals surface area contributed by atoms with Crippen molar-refractivity contribution in [3.63, 3.8) is 0 Å². The highest BCUT2D eigenvalue weighted by atomic mass is 32.1. The normalized spacial score (nSPS) is 10.1. The quantitative estimate of drug-likeness (QED) is 0.484. The summed E-state index contributed by atoms with van der Waals surface area (Å²) in [5.41, 5.74) is 1.21. The Morgan fingerprint density at radius 2 is 2.33 bits per heavy atom. The lowest BCUT2D eigenvalue weighted by molar-refractivity contribution is 0.0500. The van der Waals surface area contributed by atoms with Crippen molar-refractivity contribution in [2.24, 2.45) is 0 Å². The minimum absolute atomic E-state index is 0.287. The van der Waals surface area contributed by atoms with Gasteiger partial charge in [-0.05, 0) is 36.8 Å². The van der Waals surface area contributed by atoms with E-state index in [1.807, 2.05) is 13.0 Å². The van der Waals surface area contributed by atoms with E-state index in [-0.39, 0.29) is 10.7 Å². The Hall–Kier alpha value is -2.28. The molecule has 0 saturated carbocycles. The van der Waals surface area contributed by atoms with Gasteiger partial charge in [0.05, 0.1) is 18.4 Å². The van der Waals surface area contributed by atoms with Crippen molar-refractivity contribution in [3.8, 4) is 0 Å². The maximum absolute atomic E-state index is 11.9. The van der Waals surface area contributed by atoms with Gasteiger partial charge in [0.1, 0.15) is 0 Å². The molecule has 1 aromatic carbocycles. The van der Waals surface area contributed by atoms with Gasteiger partial charge in [-0.25, -0.2) is 4.79 Å². The third-order valence-corrected chi connectivity index (χ3v) is 2.85. The van der Waals surface area contributed by atoms with E-state index in [2.05, 4.69) is 20.5 Å². The number of rotatable bonds is 6. The van der Waals surface area contributed by atoms with E-state index < -0.39 is 0 Å². The summed E-state index contributed by atoms with van der Waals surface area (Å²) in [5.74, 6) is 0.179. The number of nitrogens with zero attached hydrogens (tertiary/aromatic N) is 2. The van der Waals surface area contributed by atoms with Crippen LogP contribution in [0.1, 0.15) is 30.1 Å². The minimum atomic E-state index is -0.330. The fraction of sp³-hybridized carbons (Fsp3) is 0.286. The average Bonchev–Trinajstić information content (AvgIpc) is 2.48. The summed E-state index contributed by atoms with van der Waals surface area (Å²) in [6, 6.07) is 7.01. The van der Waals surface area contributed by atoms with E-state index in [9.17, 15) is 4.79 Å². The highest BCUT2D eigenvalue weighted by Crippen LogP contribution is 2.16. The molecule has 1 heterocycles. The van der Waals surface area contributed by atoms with E-state index in [0.717, 1.165) is 18.5 Å². The molecule has 0 aliphatic heterocycles. The largest absolute Gasteiger partial charge is 0.462 e. The van der Waals surface area contributed by atoms with E-state index in [0.29, 0.717) is 18.0 Å². The molecule has 1 aromatic heterocycles. The lowest BCUT2D eigenvalue weighted by atomic mass is 10.2. The topological polar surface area (TPSA) is 79.9 Å². The van der Waals surface area contributed by atoms with Crippen molar-refractivity contribution in [1.29, 1.82) is 0 Å². The summed E-state index contributed by atoms with van der Waals surface area (Å²) in [4.78, 5) is 16.0. The van der Waals surface area contributed by atoms with Crippen LogP contribution in [0.5, 0.6) is 0 Å². The third kappa shape index (κ3) is 4.64. The highest BCUT2D eigenvalue weighted by molar-refractivity contribution is 7.71. The van der Waals surface area contributed by atoms with E-state index in [1.165, 1.54) is 6.20 Å². The van der Waals surface area contributed by atoms with Crippen LogP contribution in [0.3, 0.4) is 0 Å². The molecule has 110 valence electrons. The van der Waals surface area contributed by atoms with Gasteiger partial charge in [-0.2, -0.15) is 10.1 Å². The van der Waals surface area contributed by atoms with Crippen molar-refractivity contribution in [2.45, 2.75) is 19.8 Å². The van der Waals surface area contributed by atoms with E-state index >= 15 is 0 Å². The molecule has 0 spiro atoms. The molecule has 7 heteroatoms. The summed E-state index contributed by atoms with van der Waals surface area (Å²) in [7, 11) is 0. The first kappa shape index (κ1) is 15.1. The molecule has 0 fully saturated rings. The van der Waals surface area contributed by atoms with Gasteiger partial charge in [-0.3, -0.25) is 5.10 Å². The third-order valence-electron chi connectivity index (χ3n) is 2.67. The lowest BCUT2D eigenvalue weighted by Gasteiger charge is -2.07. The maximum Gasteiger partial charge on any atom is 0.338 e. The van der Waals surface area contributed by atoms with Gasteiger partial charge in [0.25, 0.3) is 0 Å². The SMILES string of the molecule is CCCCOC(=O)c1cccc(Nc2cn[nH]c(=S)n2)c1. The second kappa shape index (κ2) is 7.49. The summed E-state index contributed by atoms with van der Waals surface area (Å²) in [5, 5.41) is 9.44. The number of H-pyrrole nitrogens is 1. The maximum atomic E-state index is 11.9. The van der Waals surface area contributed by atoms with Crippen LogP contribution < -0.4 is 5.32 Å². The molecule has 0 atom stereocenters. The summed E-state index contributed by atoms with van der Waals surface area (Å²) < 4.78 is 5.46. The van der Waals surface area contributed by atoms with Crippen LogP contribution in [0.4, 0.5) is 11.5 Å². The van der Waals surface area contributed by atoms with Gasteiger partial charge in [0.15, 0.2) is 5.82 Å². The van der Waals surface area contributed by atoms with Gasteiger partial charge in [-0.15, -0.1) is 0 Å². The fourth-order valence-electron chi connectivity index (χ4n) is 1.64. The molecule has 0 unspecified atom stereocenters. The molecule has 0 aliphatic rings. The Morgan fingerprint density at radius 1 is 1.48 bits per heavy atom. The first-order chi connectivity index (χ1) is 10.2. The predicted octanol–water partition coefficient (Wildman–Crippen LogP) is 3.23. The van der Waals surface area contributed by atoms with Crippen LogP contribution in [-0.2, 0) is 4.74 Å². The average molecular weight is 304 g/mol. The van der Waals surface area contributed by atoms with E-state index in [4.69, 9.17) is 17.0 Å². The number of hydrogen-bond donors (Lipinski definition) is 2. The Labute approximate surface area is 127 Å². The molecule has 21 heavy (non-hydrogen) atoms. The molecule has 2 N–H and O–H groups in total. The number of aromatic amines is 1. The monoisotopic (exact) mass is 304 g/mol. The van der Waals surface area contributed by atoms with Gasteiger partial charge in [0, 0.05) is 5.69 Å².